The monoisotopic (exact) mass is 240 g/mol. The first kappa shape index (κ1) is 11.7. The second-order valence-electron chi connectivity index (χ2n) is 3.71. The van der Waals surface area contributed by atoms with Gasteiger partial charge in [-0.15, -0.1) is 0 Å². The Labute approximate surface area is 96.6 Å². The van der Waals surface area contributed by atoms with Crippen molar-refractivity contribution in [3.05, 3.63) is 53.9 Å². The SMILES string of the molecule is N[C@@H]1C=C(C(F)(F)F)NC=C1c1ccccc1. The number of halogens is 3. The molecule has 1 aliphatic heterocycles. The van der Waals surface area contributed by atoms with Crippen LogP contribution in [0.5, 0.6) is 0 Å². The van der Waals surface area contributed by atoms with Crippen LogP contribution in [0.25, 0.3) is 5.57 Å². The van der Waals surface area contributed by atoms with Gasteiger partial charge in [0.05, 0.1) is 6.04 Å². The van der Waals surface area contributed by atoms with E-state index in [1.807, 2.05) is 18.2 Å². The van der Waals surface area contributed by atoms with Gasteiger partial charge < -0.3 is 11.1 Å². The molecule has 0 aliphatic carbocycles. The standard InChI is InChI=1S/C12H11F3N2/c13-12(14,15)11-6-10(16)9(7-17-11)8-4-2-1-3-5-8/h1-7,10,17H,16H2/t10-/m1/s1. The van der Waals surface area contributed by atoms with E-state index in [0.29, 0.717) is 5.57 Å². The molecule has 2 nitrogen and oxygen atoms in total. The third-order valence-corrected chi connectivity index (χ3v) is 2.50. The van der Waals surface area contributed by atoms with Crippen molar-refractivity contribution in [2.45, 2.75) is 12.2 Å². The zero-order valence-electron chi connectivity index (χ0n) is 8.83. The van der Waals surface area contributed by atoms with Crippen LogP contribution in [0.1, 0.15) is 5.56 Å². The average molecular weight is 240 g/mol. The molecule has 0 saturated heterocycles. The van der Waals surface area contributed by atoms with Gasteiger partial charge in [-0.3, -0.25) is 0 Å². The number of dihydropyridines is 1. The average Bonchev–Trinajstić information content (AvgIpc) is 2.29. The summed E-state index contributed by atoms with van der Waals surface area (Å²) in [5, 5.41) is 2.23. The zero-order valence-corrected chi connectivity index (χ0v) is 8.83. The first-order valence-electron chi connectivity index (χ1n) is 5.05. The van der Waals surface area contributed by atoms with Gasteiger partial charge in [0.2, 0.25) is 0 Å². The van der Waals surface area contributed by atoms with E-state index in [2.05, 4.69) is 5.32 Å². The van der Waals surface area contributed by atoms with Crippen LogP contribution < -0.4 is 11.1 Å². The lowest BCUT2D eigenvalue weighted by atomic mass is 9.97. The molecule has 0 aromatic heterocycles. The number of rotatable bonds is 1. The number of benzene rings is 1. The Balaban J connectivity index is 2.24. The van der Waals surface area contributed by atoms with Gasteiger partial charge >= 0.3 is 6.18 Å². The molecule has 0 radical (unpaired) electrons. The summed E-state index contributed by atoms with van der Waals surface area (Å²) < 4.78 is 37.3. The summed E-state index contributed by atoms with van der Waals surface area (Å²) in [6.45, 7) is 0. The second-order valence-corrected chi connectivity index (χ2v) is 3.71. The molecule has 0 bridgehead atoms. The molecule has 0 fully saturated rings. The van der Waals surface area contributed by atoms with Crippen LogP contribution in [0.15, 0.2) is 48.3 Å². The molecular formula is C12H11F3N2. The largest absolute Gasteiger partial charge is 0.430 e. The van der Waals surface area contributed by atoms with Gasteiger partial charge in [-0.1, -0.05) is 30.3 Å². The second kappa shape index (κ2) is 4.25. The van der Waals surface area contributed by atoms with E-state index in [9.17, 15) is 13.2 Å². The first-order valence-corrected chi connectivity index (χ1v) is 5.05. The van der Waals surface area contributed by atoms with Crippen LogP contribution in [0.2, 0.25) is 0 Å². The van der Waals surface area contributed by atoms with Gasteiger partial charge in [-0.2, -0.15) is 13.2 Å². The normalized spacial score (nSPS) is 20.4. The van der Waals surface area contributed by atoms with E-state index in [-0.39, 0.29) is 0 Å². The molecule has 90 valence electrons. The number of nitrogens with one attached hydrogen (secondary N) is 1. The van der Waals surface area contributed by atoms with Gasteiger partial charge in [-0.25, -0.2) is 0 Å². The summed E-state index contributed by atoms with van der Waals surface area (Å²) in [7, 11) is 0. The summed E-state index contributed by atoms with van der Waals surface area (Å²) in [5.74, 6) is 0. The van der Waals surface area contributed by atoms with E-state index in [1.54, 1.807) is 12.1 Å². The highest BCUT2D eigenvalue weighted by molar-refractivity contribution is 5.72. The molecule has 5 heteroatoms. The van der Waals surface area contributed by atoms with Crippen LogP contribution in [-0.2, 0) is 0 Å². The van der Waals surface area contributed by atoms with Gasteiger partial charge in [-0.05, 0) is 17.2 Å². The topological polar surface area (TPSA) is 38.0 Å². The minimum atomic E-state index is -4.39. The lowest BCUT2D eigenvalue weighted by molar-refractivity contribution is -0.0959. The molecule has 0 spiro atoms. The third-order valence-electron chi connectivity index (χ3n) is 2.50. The van der Waals surface area contributed by atoms with Gasteiger partial charge in [0, 0.05) is 6.20 Å². The smallest absolute Gasteiger partial charge is 0.358 e. The number of hydrogen-bond acceptors (Lipinski definition) is 2. The number of nitrogens with two attached hydrogens (primary N) is 1. The molecule has 1 heterocycles. The fraction of sp³-hybridized carbons (Fsp3) is 0.167. The Kier molecular flexibility index (Phi) is 2.93. The van der Waals surface area contributed by atoms with Crippen molar-refractivity contribution in [1.82, 2.24) is 5.32 Å². The Morgan fingerprint density at radius 2 is 1.76 bits per heavy atom. The highest BCUT2D eigenvalue weighted by atomic mass is 19.4. The maximum absolute atomic E-state index is 12.4. The van der Waals surface area contributed by atoms with Gasteiger partial charge in [0.15, 0.2) is 0 Å². The van der Waals surface area contributed by atoms with E-state index in [4.69, 9.17) is 5.73 Å². The van der Waals surface area contributed by atoms with Crippen molar-refractivity contribution < 1.29 is 13.2 Å². The van der Waals surface area contributed by atoms with Crippen molar-refractivity contribution in [2.24, 2.45) is 5.73 Å². The Morgan fingerprint density at radius 1 is 1.12 bits per heavy atom. The van der Waals surface area contributed by atoms with Crippen molar-refractivity contribution in [2.75, 3.05) is 0 Å². The predicted molar refractivity (Wildman–Crippen MR) is 59.7 cm³/mol. The van der Waals surface area contributed by atoms with Crippen LogP contribution in [0.3, 0.4) is 0 Å². The van der Waals surface area contributed by atoms with E-state index in [1.165, 1.54) is 6.20 Å². The molecule has 3 N–H and O–H groups in total. The Bertz CT molecular complexity index is 460. The summed E-state index contributed by atoms with van der Waals surface area (Å²) in [4.78, 5) is 0. The van der Waals surface area contributed by atoms with Gasteiger partial charge in [0.25, 0.3) is 0 Å². The van der Waals surface area contributed by atoms with E-state index >= 15 is 0 Å². The summed E-state index contributed by atoms with van der Waals surface area (Å²) in [6.07, 6.45) is -2.10. The number of alkyl halides is 3. The minimum Gasteiger partial charge on any atom is -0.358 e. The summed E-state index contributed by atoms with van der Waals surface area (Å²) >= 11 is 0. The molecule has 1 aromatic carbocycles. The molecule has 0 unspecified atom stereocenters. The van der Waals surface area contributed by atoms with E-state index < -0.39 is 17.9 Å². The quantitative estimate of drug-likeness (QED) is 0.791. The lowest BCUT2D eigenvalue weighted by Gasteiger charge is -2.22. The fourth-order valence-electron chi connectivity index (χ4n) is 1.65. The molecule has 0 saturated carbocycles. The number of hydrogen-bond donors (Lipinski definition) is 2. The highest BCUT2D eigenvalue weighted by Gasteiger charge is 2.35. The van der Waals surface area contributed by atoms with Crippen LogP contribution >= 0.6 is 0 Å². The zero-order chi connectivity index (χ0) is 12.5. The molecule has 0 amide bonds. The van der Waals surface area contributed by atoms with Crippen LogP contribution in [-0.4, -0.2) is 12.2 Å². The maximum Gasteiger partial charge on any atom is 0.430 e. The summed E-state index contributed by atoms with van der Waals surface area (Å²) in [6, 6.07) is 8.32. The molecule has 1 atom stereocenters. The van der Waals surface area contributed by atoms with Crippen LogP contribution in [0.4, 0.5) is 13.2 Å². The predicted octanol–water partition coefficient (Wildman–Crippen LogP) is 2.40. The van der Waals surface area contributed by atoms with Crippen molar-refractivity contribution in [3.63, 3.8) is 0 Å². The molecule has 2 rings (SSSR count). The van der Waals surface area contributed by atoms with Crippen molar-refractivity contribution in [3.8, 4) is 0 Å². The fourth-order valence-corrected chi connectivity index (χ4v) is 1.65. The summed E-state index contributed by atoms with van der Waals surface area (Å²) in [5.41, 5.74) is 6.35. The molecule has 1 aromatic rings. The molecule has 17 heavy (non-hydrogen) atoms. The van der Waals surface area contributed by atoms with E-state index in [0.717, 1.165) is 11.6 Å². The van der Waals surface area contributed by atoms with Crippen LogP contribution in [0, 0.1) is 0 Å². The lowest BCUT2D eigenvalue weighted by Crippen LogP contribution is -2.32. The van der Waals surface area contributed by atoms with Crippen molar-refractivity contribution in [1.29, 1.82) is 0 Å². The number of allylic oxidation sites excluding steroid dienone is 1. The van der Waals surface area contributed by atoms with Crippen molar-refractivity contribution >= 4 is 5.57 Å². The van der Waals surface area contributed by atoms with Gasteiger partial charge in [0.1, 0.15) is 5.70 Å². The molecular weight excluding hydrogens is 229 g/mol. The Morgan fingerprint density at radius 3 is 2.29 bits per heavy atom. The first-order chi connectivity index (χ1) is 7.98. The maximum atomic E-state index is 12.4. The Hall–Kier alpha value is -1.75. The molecule has 1 aliphatic rings. The minimum absolute atomic E-state index is 0.638. The highest BCUT2D eigenvalue weighted by Crippen LogP contribution is 2.29. The third kappa shape index (κ3) is 2.50.